The molecule has 0 aromatic heterocycles. The van der Waals surface area contributed by atoms with Crippen molar-refractivity contribution in [2.24, 2.45) is 11.7 Å². The molecule has 0 saturated carbocycles. The highest BCUT2D eigenvalue weighted by Crippen LogP contribution is 2.32. The van der Waals surface area contributed by atoms with Crippen LogP contribution in [0.3, 0.4) is 0 Å². The fourth-order valence-corrected chi connectivity index (χ4v) is 2.20. The summed E-state index contributed by atoms with van der Waals surface area (Å²) in [5.74, 6) is -2.54. The van der Waals surface area contributed by atoms with Crippen molar-refractivity contribution in [2.75, 3.05) is 11.4 Å². The molecule has 1 aromatic carbocycles. The van der Waals surface area contributed by atoms with E-state index >= 15 is 0 Å². The Balaban J connectivity index is 2.36. The predicted molar refractivity (Wildman–Crippen MR) is 68.1 cm³/mol. The molecule has 0 aliphatic carbocycles. The quantitative estimate of drug-likeness (QED) is 0.859. The highest BCUT2D eigenvalue weighted by Gasteiger charge is 2.35. The normalized spacial score (nSPS) is 18.7. The molecule has 7 heteroatoms. The van der Waals surface area contributed by atoms with E-state index in [1.165, 1.54) is 23.1 Å². The summed E-state index contributed by atoms with van der Waals surface area (Å²) in [7, 11) is 0. The number of hydrogen-bond acceptors (Lipinski definition) is 3. The van der Waals surface area contributed by atoms with E-state index in [1.54, 1.807) is 0 Å². The smallest absolute Gasteiger partial charge is 0.335 e. The average Bonchev–Trinajstić information content (AvgIpc) is 2.72. The lowest BCUT2D eigenvalue weighted by molar-refractivity contribution is -0.123. The number of benzene rings is 1. The van der Waals surface area contributed by atoms with Gasteiger partial charge < -0.3 is 15.7 Å². The molecule has 2 amide bonds. The van der Waals surface area contributed by atoms with Crippen LogP contribution in [0, 0.1) is 5.92 Å². The number of anilines is 1. The molecule has 100 valence electrons. The van der Waals surface area contributed by atoms with E-state index in [0.717, 1.165) is 0 Å². The zero-order chi connectivity index (χ0) is 14.2. The van der Waals surface area contributed by atoms with Gasteiger partial charge in [0.05, 0.1) is 22.2 Å². The second-order valence-corrected chi connectivity index (χ2v) is 4.69. The Morgan fingerprint density at radius 1 is 1.42 bits per heavy atom. The van der Waals surface area contributed by atoms with Crippen LogP contribution in [0.15, 0.2) is 18.2 Å². The van der Waals surface area contributed by atoms with Crippen molar-refractivity contribution < 1.29 is 19.5 Å². The summed E-state index contributed by atoms with van der Waals surface area (Å²) >= 11 is 5.97. The van der Waals surface area contributed by atoms with E-state index in [2.05, 4.69) is 0 Å². The van der Waals surface area contributed by atoms with E-state index in [-0.39, 0.29) is 35.1 Å². The van der Waals surface area contributed by atoms with Crippen molar-refractivity contribution in [3.8, 4) is 0 Å². The van der Waals surface area contributed by atoms with E-state index in [9.17, 15) is 14.4 Å². The first-order chi connectivity index (χ1) is 8.90. The van der Waals surface area contributed by atoms with Gasteiger partial charge in [-0.25, -0.2) is 4.79 Å². The maximum Gasteiger partial charge on any atom is 0.335 e. The third kappa shape index (κ3) is 2.53. The van der Waals surface area contributed by atoms with Crippen molar-refractivity contribution in [2.45, 2.75) is 6.42 Å². The van der Waals surface area contributed by atoms with Crippen LogP contribution in [-0.4, -0.2) is 29.4 Å². The molecule has 6 nitrogen and oxygen atoms in total. The Morgan fingerprint density at radius 2 is 2.11 bits per heavy atom. The lowest BCUT2D eigenvalue weighted by atomic mass is 10.1. The maximum absolute atomic E-state index is 11.8. The van der Waals surface area contributed by atoms with Crippen LogP contribution in [0.25, 0.3) is 0 Å². The molecule has 0 radical (unpaired) electrons. The number of nitrogens with zero attached hydrogens (tertiary/aromatic N) is 1. The first-order valence-corrected chi connectivity index (χ1v) is 5.90. The number of carboxylic acid groups (broad SMARTS) is 1. The van der Waals surface area contributed by atoms with Gasteiger partial charge in [-0.3, -0.25) is 9.59 Å². The van der Waals surface area contributed by atoms with Gasteiger partial charge in [0.25, 0.3) is 0 Å². The van der Waals surface area contributed by atoms with Crippen molar-refractivity contribution in [3.05, 3.63) is 28.8 Å². The Morgan fingerprint density at radius 3 is 2.63 bits per heavy atom. The number of rotatable bonds is 3. The summed E-state index contributed by atoms with van der Waals surface area (Å²) in [4.78, 5) is 35.1. The van der Waals surface area contributed by atoms with Gasteiger partial charge in [-0.05, 0) is 18.2 Å². The Bertz CT molecular complexity index is 573. The van der Waals surface area contributed by atoms with E-state index in [1.807, 2.05) is 0 Å². The number of halogens is 1. The number of primary amides is 1. The van der Waals surface area contributed by atoms with Crippen LogP contribution in [0.1, 0.15) is 16.8 Å². The minimum Gasteiger partial charge on any atom is -0.478 e. The molecule has 1 aromatic rings. The fourth-order valence-electron chi connectivity index (χ4n) is 1.98. The minimum absolute atomic E-state index is 0.0168. The van der Waals surface area contributed by atoms with Crippen LogP contribution in [0.4, 0.5) is 5.69 Å². The van der Waals surface area contributed by atoms with Gasteiger partial charge in [0.2, 0.25) is 11.8 Å². The zero-order valence-corrected chi connectivity index (χ0v) is 10.6. The molecular weight excluding hydrogens is 272 g/mol. The lowest BCUT2D eigenvalue weighted by Gasteiger charge is -2.18. The number of carbonyl (C=O) groups excluding carboxylic acids is 2. The molecule has 1 heterocycles. The highest BCUT2D eigenvalue weighted by atomic mass is 35.5. The van der Waals surface area contributed by atoms with Gasteiger partial charge >= 0.3 is 5.97 Å². The Labute approximate surface area is 113 Å². The number of amides is 2. The third-order valence-corrected chi connectivity index (χ3v) is 3.33. The number of carboxylic acids is 1. The van der Waals surface area contributed by atoms with Gasteiger partial charge in [0.15, 0.2) is 0 Å². The summed E-state index contributed by atoms with van der Waals surface area (Å²) in [5.41, 5.74) is 5.48. The van der Waals surface area contributed by atoms with Crippen molar-refractivity contribution in [1.29, 1.82) is 0 Å². The minimum atomic E-state index is -1.11. The molecule has 1 fully saturated rings. The van der Waals surface area contributed by atoms with Gasteiger partial charge in [-0.1, -0.05) is 11.6 Å². The SMILES string of the molecule is NC(=O)C1CC(=O)N(c2cc(C(=O)O)ccc2Cl)C1. The average molecular weight is 283 g/mol. The molecule has 1 atom stereocenters. The molecule has 1 unspecified atom stereocenters. The molecule has 19 heavy (non-hydrogen) atoms. The lowest BCUT2D eigenvalue weighted by Crippen LogP contribution is -2.28. The van der Waals surface area contributed by atoms with Gasteiger partial charge in [0, 0.05) is 13.0 Å². The molecule has 1 aliphatic rings. The van der Waals surface area contributed by atoms with Crippen LogP contribution >= 0.6 is 11.6 Å². The van der Waals surface area contributed by atoms with Crippen LogP contribution < -0.4 is 10.6 Å². The van der Waals surface area contributed by atoms with E-state index < -0.39 is 17.8 Å². The topological polar surface area (TPSA) is 101 Å². The molecule has 1 aliphatic heterocycles. The first kappa shape index (κ1) is 13.4. The third-order valence-electron chi connectivity index (χ3n) is 3.01. The van der Waals surface area contributed by atoms with Crippen molar-refractivity contribution in [3.63, 3.8) is 0 Å². The molecule has 0 bridgehead atoms. The van der Waals surface area contributed by atoms with Crippen LogP contribution in [0.2, 0.25) is 5.02 Å². The Kier molecular flexibility index (Phi) is 3.44. The summed E-state index contributed by atoms with van der Waals surface area (Å²) < 4.78 is 0. The number of carbonyl (C=O) groups is 3. The summed E-state index contributed by atoms with van der Waals surface area (Å²) in [6, 6.07) is 4.07. The second kappa shape index (κ2) is 4.89. The van der Waals surface area contributed by atoms with Gasteiger partial charge in [-0.2, -0.15) is 0 Å². The van der Waals surface area contributed by atoms with E-state index in [0.29, 0.717) is 0 Å². The monoisotopic (exact) mass is 282 g/mol. The number of hydrogen-bond donors (Lipinski definition) is 2. The zero-order valence-electron chi connectivity index (χ0n) is 9.80. The largest absolute Gasteiger partial charge is 0.478 e. The summed E-state index contributed by atoms with van der Waals surface area (Å²) in [6.45, 7) is 0.122. The van der Waals surface area contributed by atoms with Gasteiger partial charge in [-0.15, -0.1) is 0 Å². The summed E-state index contributed by atoms with van der Waals surface area (Å²) in [5, 5.41) is 9.18. The van der Waals surface area contributed by atoms with Gasteiger partial charge in [0.1, 0.15) is 0 Å². The molecule has 1 saturated heterocycles. The van der Waals surface area contributed by atoms with Crippen molar-refractivity contribution >= 4 is 35.1 Å². The second-order valence-electron chi connectivity index (χ2n) is 4.28. The van der Waals surface area contributed by atoms with Crippen LogP contribution in [0.5, 0.6) is 0 Å². The molecular formula is C12H11ClN2O4. The molecule has 3 N–H and O–H groups in total. The highest BCUT2D eigenvalue weighted by molar-refractivity contribution is 6.34. The van der Waals surface area contributed by atoms with Crippen LogP contribution in [-0.2, 0) is 9.59 Å². The molecule has 0 spiro atoms. The number of aromatic carboxylic acids is 1. The Hall–Kier alpha value is -2.08. The maximum atomic E-state index is 11.8. The standard InChI is InChI=1S/C12H11ClN2O4/c13-8-2-1-6(12(18)19)3-9(8)15-5-7(11(14)17)4-10(15)16/h1-3,7H,4-5H2,(H2,14,17)(H,18,19). The summed E-state index contributed by atoms with van der Waals surface area (Å²) in [6.07, 6.45) is 0.0168. The predicted octanol–water partition coefficient (Wildman–Crippen LogP) is 0.876. The fraction of sp³-hybridized carbons (Fsp3) is 0.250. The van der Waals surface area contributed by atoms with E-state index in [4.69, 9.17) is 22.4 Å². The van der Waals surface area contributed by atoms with Crippen molar-refractivity contribution in [1.82, 2.24) is 0 Å². The first-order valence-electron chi connectivity index (χ1n) is 5.52. The number of nitrogens with two attached hydrogens (primary N) is 1. The molecule has 2 rings (SSSR count).